The van der Waals surface area contributed by atoms with Gasteiger partial charge in [0, 0.05) is 18.2 Å². The molecule has 0 fully saturated rings. The van der Waals surface area contributed by atoms with Crippen LogP contribution in [0.5, 0.6) is 5.75 Å². The van der Waals surface area contributed by atoms with E-state index in [9.17, 15) is 18.5 Å². The van der Waals surface area contributed by atoms with Crippen LogP contribution in [0.4, 0.5) is 5.69 Å². The lowest BCUT2D eigenvalue weighted by Gasteiger charge is -2.09. The Kier molecular flexibility index (Phi) is 6.35. The summed E-state index contributed by atoms with van der Waals surface area (Å²) in [7, 11) is -3.90. The topological polar surface area (TPSA) is 98.5 Å². The molecule has 0 atom stereocenters. The van der Waals surface area contributed by atoms with Gasteiger partial charge in [0.15, 0.2) is 0 Å². The van der Waals surface area contributed by atoms with E-state index in [1.54, 1.807) is 12.1 Å². The zero-order valence-corrected chi connectivity index (χ0v) is 15.0. The Morgan fingerprint density at radius 1 is 1.24 bits per heavy atom. The molecule has 0 saturated heterocycles. The molecule has 0 spiro atoms. The molecule has 0 amide bonds. The molecular formula is C16H17ClN2O5S. The summed E-state index contributed by atoms with van der Waals surface area (Å²) in [6, 6.07) is 11.4. The Morgan fingerprint density at radius 2 is 1.92 bits per heavy atom. The van der Waals surface area contributed by atoms with Gasteiger partial charge < -0.3 is 4.74 Å². The van der Waals surface area contributed by atoms with Gasteiger partial charge in [-0.05, 0) is 31.5 Å². The van der Waals surface area contributed by atoms with Crippen molar-refractivity contribution in [2.75, 3.05) is 13.2 Å². The normalized spacial score (nSPS) is 11.3. The Morgan fingerprint density at radius 3 is 2.56 bits per heavy atom. The first-order valence-corrected chi connectivity index (χ1v) is 9.29. The van der Waals surface area contributed by atoms with Crippen LogP contribution in [0.2, 0.25) is 5.02 Å². The Bertz CT molecular complexity index is 856. The number of hydrogen-bond acceptors (Lipinski definition) is 5. The molecule has 1 N–H and O–H groups in total. The number of para-hydroxylation sites is 1. The summed E-state index contributed by atoms with van der Waals surface area (Å²) in [5.41, 5.74) is -0.109. The van der Waals surface area contributed by atoms with Crippen LogP contribution in [0.15, 0.2) is 47.4 Å². The fourth-order valence-electron chi connectivity index (χ4n) is 2.05. The zero-order valence-electron chi connectivity index (χ0n) is 13.4. The second-order valence-corrected chi connectivity index (χ2v) is 7.39. The quantitative estimate of drug-likeness (QED) is 0.427. The number of sulfonamides is 1. The molecule has 2 aromatic rings. The van der Waals surface area contributed by atoms with Crippen molar-refractivity contribution in [2.24, 2.45) is 0 Å². The van der Waals surface area contributed by atoms with E-state index in [0.717, 1.165) is 6.07 Å². The number of nitrogens with one attached hydrogen (secondary N) is 1. The van der Waals surface area contributed by atoms with Crippen molar-refractivity contribution < 1.29 is 18.1 Å². The third-order valence-electron chi connectivity index (χ3n) is 3.42. The van der Waals surface area contributed by atoms with E-state index in [4.69, 9.17) is 16.3 Å². The number of rotatable bonds is 8. The van der Waals surface area contributed by atoms with E-state index in [-0.39, 0.29) is 27.7 Å². The summed E-state index contributed by atoms with van der Waals surface area (Å²) in [5, 5.41) is 11.0. The van der Waals surface area contributed by atoms with Crippen LogP contribution in [-0.4, -0.2) is 26.5 Å². The van der Waals surface area contributed by atoms with E-state index < -0.39 is 14.9 Å². The van der Waals surface area contributed by atoms with Gasteiger partial charge in [0.1, 0.15) is 5.75 Å². The van der Waals surface area contributed by atoms with Crippen molar-refractivity contribution in [2.45, 2.75) is 18.2 Å². The highest BCUT2D eigenvalue weighted by Gasteiger charge is 2.22. The molecule has 9 heteroatoms. The average Bonchev–Trinajstić information content (AvgIpc) is 2.57. The Balaban J connectivity index is 1.96. The molecule has 0 aromatic heterocycles. The molecule has 134 valence electrons. The average molecular weight is 385 g/mol. The Hall–Kier alpha value is -2.16. The van der Waals surface area contributed by atoms with E-state index in [1.165, 1.54) is 13.0 Å². The molecule has 25 heavy (non-hydrogen) atoms. The predicted molar refractivity (Wildman–Crippen MR) is 94.6 cm³/mol. The van der Waals surface area contributed by atoms with Crippen LogP contribution < -0.4 is 9.46 Å². The minimum atomic E-state index is -3.90. The molecule has 7 nitrogen and oxygen atoms in total. The monoisotopic (exact) mass is 384 g/mol. The highest BCUT2D eigenvalue weighted by atomic mass is 35.5. The van der Waals surface area contributed by atoms with Gasteiger partial charge in [-0.2, -0.15) is 0 Å². The third-order valence-corrected chi connectivity index (χ3v) is 5.26. The number of ether oxygens (including phenoxy) is 1. The minimum absolute atomic E-state index is 0.0296. The molecule has 0 radical (unpaired) electrons. The molecule has 0 aliphatic carbocycles. The first kappa shape index (κ1) is 19.2. The van der Waals surface area contributed by atoms with E-state index in [0.29, 0.717) is 18.8 Å². The van der Waals surface area contributed by atoms with Crippen molar-refractivity contribution in [3.8, 4) is 5.75 Å². The molecule has 0 bridgehead atoms. The number of nitro benzene ring substituents is 1. The summed E-state index contributed by atoms with van der Waals surface area (Å²) >= 11 is 5.90. The summed E-state index contributed by atoms with van der Waals surface area (Å²) in [5.74, 6) is 0.700. The number of benzene rings is 2. The summed E-state index contributed by atoms with van der Waals surface area (Å²) in [6.07, 6.45) is 0.440. The van der Waals surface area contributed by atoms with Crippen LogP contribution in [0.1, 0.15) is 12.0 Å². The van der Waals surface area contributed by atoms with Crippen LogP contribution >= 0.6 is 11.6 Å². The van der Waals surface area contributed by atoms with Crippen LogP contribution in [0, 0.1) is 17.0 Å². The molecule has 2 rings (SSSR count). The minimum Gasteiger partial charge on any atom is -0.494 e. The van der Waals surface area contributed by atoms with Gasteiger partial charge in [0.05, 0.1) is 21.4 Å². The molecule has 0 heterocycles. The predicted octanol–water partition coefficient (Wildman–Crippen LogP) is 3.30. The van der Waals surface area contributed by atoms with Gasteiger partial charge in [-0.3, -0.25) is 10.1 Å². The SMILES string of the molecule is Cc1c(Cl)cc(S(=O)(=O)NCCCOc2ccccc2)cc1[N+](=O)[O-]. The highest BCUT2D eigenvalue weighted by Crippen LogP contribution is 2.29. The lowest BCUT2D eigenvalue weighted by molar-refractivity contribution is -0.385. The number of hydrogen-bond donors (Lipinski definition) is 1. The van der Waals surface area contributed by atoms with Crippen LogP contribution in [-0.2, 0) is 10.0 Å². The standard InChI is InChI=1S/C16H17ClN2O5S/c1-12-15(17)10-14(11-16(12)19(20)21)25(22,23)18-8-5-9-24-13-6-3-2-4-7-13/h2-4,6-7,10-11,18H,5,8-9H2,1H3. The van der Waals surface area contributed by atoms with Gasteiger partial charge in [0.2, 0.25) is 10.0 Å². The second kappa shape index (κ2) is 8.28. The summed E-state index contributed by atoms with van der Waals surface area (Å²) in [4.78, 5) is 10.1. The van der Waals surface area contributed by atoms with Gasteiger partial charge in [0.25, 0.3) is 5.69 Å². The second-order valence-electron chi connectivity index (χ2n) is 5.22. The van der Waals surface area contributed by atoms with Gasteiger partial charge >= 0.3 is 0 Å². The number of nitrogens with zero attached hydrogens (tertiary/aromatic N) is 1. The molecule has 2 aromatic carbocycles. The fourth-order valence-corrected chi connectivity index (χ4v) is 3.45. The van der Waals surface area contributed by atoms with Crippen LogP contribution in [0.25, 0.3) is 0 Å². The maximum Gasteiger partial charge on any atom is 0.275 e. The smallest absolute Gasteiger partial charge is 0.275 e. The van der Waals surface area contributed by atoms with Crippen molar-refractivity contribution in [1.82, 2.24) is 4.72 Å². The van der Waals surface area contributed by atoms with Gasteiger partial charge in [-0.15, -0.1) is 0 Å². The first-order chi connectivity index (χ1) is 11.8. The third kappa shape index (κ3) is 5.15. The molecule has 0 saturated carbocycles. The Labute approximate surface area is 150 Å². The van der Waals surface area contributed by atoms with Gasteiger partial charge in [-0.1, -0.05) is 29.8 Å². The van der Waals surface area contributed by atoms with E-state index in [2.05, 4.69) is 4.72 Å². The van der Waals surface area contributed by atoms with E-state index >= 15 is 0 Å². The molecule has 0 aliphatic rings. The number of nitro groups is 1. The molecular weight excluding hydrogens is 368 g/mol. The van der Waals surface area contributed by atoms with Crippen LogP contribution in [0.3, 0.4) is 0 Å². The fraction of sp³-hybridized carbons (Fsp3) is 0.250. The van der Waals surface area contributed by atoms with Gasteiger partial charge in [-0.25, -0.2) is 13.1 Å². The number of halogens is 1. The summed E-state index contributed by atoms with van der Waals surface area (Å²) < 4.78 is 32.4. The first-order valence-electron chi connectivity index (χ1n) is 7.43. The van der Waals surface area contributed by atoms with E-state index in [1.807, 2.05) is 18.2 Å². The van der Waals surface area contributed by atoms with Crippen molar-refractivity contribution >= 4 is 27.3 Å². The van der Waals surface area contributed by atoms with Crippen molar-refractivity contribution in [1.29, 1.82) is 0 Å². The molecule has 0 aliphatic heterocycles. The van der Waals surface area contributed by atoms with Crippen molar-refractivity contribution in [3.05, 3.63) is 63.2 Å². The lowest BCUT2D eigenvalue weighted by atomic mass is 10.2. The zero-order chi connectivity index (χ0) is 18.4. The maximum absolute atomic E-state index is 12.3. The lowest BCUT2D eigenvalue weighted by Crippen LogP contribution is -2.26. The van der Waals surface area contributed by atoms with Crippen molar-refractivity contribution in [3.63, 3.8) is 0 Å². The highest BCUT2D eigenvalue weighted by molar-refractivity contribution is 7.89. The largest absolute Gasteiger partial charge is 0.494 e. The maximum atomic E-state index is 12.3. The molecule has 0 unspecified atom stereocenters. The summed E-state index contributed by atoms with van der Waals surface area (Å²) in [6.45, 7) is 1.93.